The Kier molecular flexibility index (Phi) is 5.21. The van der Waals surface area contributed by atoms with Crippen molar-refractivity contribution in [3.63, 3.8) is 0 Å². The minimum Gasteiger partial charge on any atom is -0.438 e. The largest absolute Gasteiger partial charge is 0.438 e. The van der Waals surface area contributed by atoms with Crippen molar-refractivity contribution in [1.82, 2.24) is 14.9 Å². The van der Waals surface area contributed by atoms with Crippen LogP contribution in [-0.4, -0.2) is 39.8 Å². The molecule has 0 bridgehead atoms. The Morgan fingerprint density at radius 1 is 1.25 bits per heavy atom. The van der Waals surface area contributed by atoms with Gasteiger partial charge in [-0.1, -0.05) is 12.1 Å². The first-order chi connectivity index (χ1) is 13.6. The van der Waals surface area contributed by atoms with Crippen LogP contribution in [0.5, 0.6) is 0 Å². The number of nitrogens with one attached hydrogen (secondary N) is 1. The third kappa shape index (κ3) is 3.82. The molecule has 0 radical (unpaired) electrons. The second kappa shape index (κ2) is 7.93. The van der Waals surface area contributed by atoms with Crippen molar-refractivity contribution in [2.24, 2.45) is 5.92 Å². The Morgan fingerprint density at radius 3 is 2.75 bits per heavy atom. The number of carbonyl (C=O) groups excluding carboxylic acids is 2. The van der Waals surface area contributed by atoms with Crippen molar-refractivity contribution in [3.05, 3.63) is 53.0 Å². The normalized spacial score (nSPS) is 16.8. The predicted molar refractivity (Wildman–Crippen MR) is 106 cm³/mol. The molecule has 8 heteroatoms. The lowest BCUT2D eigenvalue weighted by Crippen LogP contribution is -2.43. The van der Waals surface area contributed by atoms with Gasteiger partial charge < -0.3 is 14.6 Å². The molecule has 1 aliphatic rings. The highest BCUT2D eigenvalue weighted by atomic mass is 32.1. The highest BCUT2D eigenvalue weighted by molar-refractivity contribution is 7.07. The SMILES string of the molecule is Cc1ncoc1C(=O)N1CCCC(C(=O)Nc2ccc(-c3cscn3)cc2)C1. The lowest BCUT2D eigenvalue weighted by Gasteiger charge is -2.31. The topological polar surface area (TPSA) is 88.3 Å². The molecule has 0 spiro atoms. The fraction of sp³-hybridized carbons (Fsp3) is 0.300. The van der Waals surface area contributed by atoms with Crippen LogP contribution in [0.3, 0.4) is 0 Å². The van der Waals surface area contributed by atoms with Gasteiger partial charge in [0, 0.05) is 29.7 Å². The van der Waals surface area contributed by atoms with Crippen LogP contribution >= 0.6 is 11.3 Å². The first kappa shape index (κ1) is 18.4. The van der Waals surface area contributed by atoms with Crippen LogP contribution in [0.25, 0.3) is 11.3 Å². The second-order valence-corrected chi connectivity index (χ2v) is 7.52. The van der Waals surface area contributed by atoms with E-state index >= 15 is 0 Å². The van der Waals surface area contributed by atoms with Crippen LogP contribution in [0.4, 0.5) is 5.69 Å². The highest BCUT2D eigenvalue weighted by Crippen LogP contribution is 2.24. The summed E-state index contributed by atoms with van der Waals surface area (Å²) in [5, 5.41) is 4.94. The monoisotopic (exact) mass is 396 g/mol. The third-order valence-corrected chi connectivity index (χ3v) is 5.49. The number of carbonyl (C=O) groups is 2. The number of likely N-dealkylation sites (tertiary alicyclic amines) is 1. The Hall–Kier alpha value is -3.00. The molecule has 1 atom stereocenters. The van der Waals surface area contributed by atoms with Gasteiger partial charge >= 0.3 is 0 Å². The molecule has 4 rings (SSSR count). The molecule has 144 valence electrons. The maximum absolute atomic E-state index is 12.7. The summed E-state index contributed by atoms with van der Waals surface area (Å²) in [5.41, 5.74) is 5.03. The lowest BCUT2D eigenvalue weighted by molar-refractivity contribution is -0.121. The van der Waals surface area contributed by atoms with Gasteiger partial charge in [-0.3, -0.25) is 9.59 Å². The molecule has 1 aromatic carbocycles. The first-order valence-corrected chi connectivity index (χ1v) is 10.0. The average Bonchev–Trinajstić information content (AvgIpc) is 3.40. The smallest absolute Gasteiger partial charge is 0.291 e. The van der Waals surface area contributed by atoms with E-state index in [9.17, 15) is 9.59 Å². The van der Waals surface area contributed by atoms with Gasteiger partial charge in [-0.2, -0.15) is 0 Å². The summed E-state index contributed by atoms with van der Waals surface area (Å²) in [4.78, 5) is 35.2. The molecule has 1 N–H and O–H groups in total. The van der Waals surface area contributed by atoms with Gasteiger partial charge in [0.05, 0.1) is 22.8 Å². The quantitative estimate of drug-likeness (QED) is 0.728. The van der Waals surface area contributed by atoms with Crippen molar-refractivity contribution in [2.75, 3.05) is 18.4 Å². The van der Waals surface area contributed by atoms with Crippen molar-refractivity contribution < 1.29 is 14.0 Å². The van der Waals surface area contributed by atoms with Crippen molar-refractivity contribution >= 4 is 28.8 Å². The number of rotatable bonds is 4. The molecule has 3 heterocycles. The van der Waals surface area contributed by atoms with Crippen LogP contribution in [0.2, 0.25) is 0 Å². The lowest BCUT2D eigenvalue weighted by atomic mass is 9.96. The second-order valence-electron chi connectivity index (χ2n) is 6.80. The fourth-order valence-electron chi connectivity index (χ4n) is 3.35. The predicted octanol–water partition coefficient (Wildman–Crippen LogP) is 3.60. The summed E-state index contributed by atoms with van der Waals surface area (Å²) in [6.45, 7) is 2.73. The molecule has 3 aromatic rings. The van der Waals surface area contributed by atoms with E-state index in [1.807, 2.05) is 29.6 Å². The van der Waals surface area contributed by atoms with E-state index in [2.05, 4.69) is 15.3 Å². The summed E-state index contributed by atoms with van der Waals surface area (Å²) in [6.07, 6.45) is 2.80. The number of benzene rings is 1. The average molecular weight is 396 g/mol. The number of nitrogens with zero attached hydrogens (tertiary/aromatic N) is 3. The maximum Gasteiger partial charge on any atom is 0.291 e. The van der Waals surface area contributed by atoms with Crippen molar-refractivity contribution in [1.29, 1.82) is 0 Å². The first-order valence-electron chi connectivity index (χ1n) is 9.10. The zero-order valence-electron chi connectivity index (χ0n) is 15.4. The maximum atomic E-state index is 12.7. The van der Waals surface area contributed by atoms with Gasteiger partial charge in [-0.15, -0.1) is 11.3 Å². The molecule has 1 unspecified atom stereocenters. The number of oxazole rings is 1. The molecule has 1 saturated heterocycles. The van der Waals surface area contributed by atoms with Crippen molar-refractivity contribution in [3.8, 4) is 11.3 Å². The summed E-state index contributed by atoms with van der Waals surface area (Å²) >= 11 is 1.55. The van der Waals surface area contributed by atoms with Gasteiger partial charge in [-0.25, -0.2) is 9.97 Å². The number of piperidine rings is 1. The minimum absolute atomic E-state index is 0.0757. The molecule has 0 saturated carbocycles. The Bertz CT molecular complexity index is 966. The van der Waals surface area contributed by atoms with E-state index in [4.69, 9.17) is 4.42 Å². The van der Waals surface area contributed by atoms with Gasteiger partial charge in [0.15, 0.2) is 6.39 Å². The van der Waals surface area contributed by atoms with E-state index in [1.54, 1.807) is 28.7 Å². The Morgan fingerprint density at radius 2 is 2.07 bits per heavy atom. The molecule has 0 aliphatic carbocycles. The minimum atomic E-state index is -0.251. The van der Waals surface area contributed by atoms with Crippen LogP contribution in [0, 0.1) is 12.8 Å². The van der Waals surface area contributed by atoms with Crippen LogP contribution < -0.4 is 5.32 Å². The molecule has 28 heavy (non-hydrogen) atoms. The zero-order chi connectivity index (χ0) is 19.5. The van der Waals surface area contributed by atoms with Gasteiger partial charge in [0.1, 0.15) is 0 Å². The Balaban J connectivity index is 1.39. The highest BCUT2D eigenvalue weighted by Gasteiger charge is 2.31. The molecule has 2 amide bonds. The molecule has 2 aromatic heterocycles. The number of aryl methyl sites for hydroxylation is 1. The molecule has 7 nitrogen and oxygen atoms in total. The number of anilines is 1. The summed E-state index contributed by atoms with van der Waals surface area (Å²) < 4.78 is 5.21. The van der Waals surface area contributed by atoms with E-state index in [0.717, 1.165) is 29.8 Å². The van der Waals surface area contributed by atoms with Gasteiger partial charge in [0.2, 0.25) is 11.7 Å². The summed E-state index contributed by atoms with van der Waals surface area (Å²) in [7, 11) is 0. The van der Waals surface area contributed by atoms with Gasteiger partial charge in [-0.05, 0) is 31.9 Å². The zero-order valence-corrected chi connectivity index (χ0v) is 16.2. The Labute approximate surface area is 166 Å². The number of hydrogen-bond donors (Lipinski definition) is 1. The fourth-order valence-corrected chi connectivity index (χ4v) is 3.91. The van der Waals surface area contributed by atoms with E-state index in [1.165, 1.54) is 6.39 Å². The summed E-state index contributed by atoms with van der Waals surface area (Å²) in [6, 6.07) is 7.62. The molecule has 1 aliphatic heterocycles. The number of aromatic nitrogens is 2. The third-order valence-electron chi connectivity index (χ3n) is 4.90. The van der Waals surface area contributed by atoms with E-state index in [0.29, 0.717) is 18.8 Å². The molecular weight excluding hydrogens is 376 g/mol. The van der Waals surface area contributed by atoms with Crippen LogP contribution in [0.1, 0.15) is 29.1 Å². The number of thiazole rings is 1. The molecule has 1 fully saturated rings. The van der Waals surface area contributed by atoms with Gasteiger partial charge in [0.25, 0.3) is 5.91 Å². The standard InChI is InChI=1S/C20H20N4O3S/c1-13-18(27-11-21-13)20(26)24-8-2-3-15(9-24)19(25)23-16-6-4-14(5-7-16)17-10-28-12-22-17/h4-7,10-12,15H,2-3,8-9H2,1H3,(H,23,25). The number of hydrogen-bond acceptors (Lipinski definition) is 6. The van der Waals surface area contributed by atoms with Crippen LogP contribution in [-0.2, 0) is 4.79 Å². The number of amides is 2. The van der Waals surface area contributed by atoms with Crippen molar-refractivity contribution in [2.45, 2.75) is 19.8 Å². The van der Waals surface area contributed by atoms with Crippen LogP contribution in [0.15, 0.2) is 46.0 Å². The molecular formula is C20H20N4O3S. The van der Waals surface area contributed by atoms with E-state index in [-0.39, 0.29) is 23.5 Å². The van der Waals surface area contributed by atoms with E-state index < -0.39 is 0 Å². The summed E-state index contributed by atoms with van der Waals surface area (Å²) in [5.74, 6) is -0.286.